The Hall–Kier alpha value is -0.120. The molecule has 0 aromatic rings. The third-order valence-electron chi connectivity index (χ3n) is 3.11. The number of piperidine rings is 1. The average molecular weight is 157 g/mol. The van der Waals surface area contributed by atoms with Gasteiger partial charge in [-0.1, -0.05) is 6.92 Å². The Morgan fingerprint density at radius 2 is 2.27 bits per heavy atom. The molecule has 3 nitrogen and oxygen atoms in total. The number of hydrogen-bond acceptors (Lipinski definition) is 3. The topological polar surface area (TPSA) is 52.5 Å². The molecule has 4 atom stereocenters. The van der Waals surface area contributed by atoms with Crippen LogP contribution in [-0.2, 0) is 0 Å². The molecule has 0 aliphatic carbocycles. The van der Waals surface area contributed by atoms with E-state index in [0.717, 1.165) is 12.8 Å². The monoisotopic (exact) mass is 157 g/mol. The molecule has 0 radical (unpaired) electrons. The second kappa shape index (κ2) is 2.19. The lowest BCUT2D eigenvalue weighted by Gasteiger charge is -2.37. The predicted molar refractivity (Wildman–Crippen MR) is 40.9 cm³/mol. The summed E-state index contributed by atoms with van der Waals surface area (Å²) < 4.78 is 0. The van der Waals surface area contributed by atoms with Gasteiger partial charge in [0.1, 0.15) is 5.72 Å². The summed E-state index contributed by atoms with van der Waals surface area (Å²) in [6.45, 7) is 2.03. The van der Waals surface area contributed by atoms with Gasteiger partial charge in [0.25, 0.3) is 0 Å². The van der Waals surface area contributed by atoms with Crippen LogP contribution in [0, 0.1) is 5.92 Å². The van der Waals surface area contributed by atoms with E-state index in [9.17, 15) is 10.2 Å². The maximum Gasteiger partial charge on any atom is 0.118 e. The first-order valence-electron chi connectivity index (χ1n) is 4.29. The molecule has 2 bridgehead atoms. The minimum Gasteiger partial charge on any atom is -0.393 e. The van der Waals surface area contributed by atoms with Crippen LogP contribution in [0.3, 0.4) is 0 Å². The lowest BCUT2D eigenvalue weighted by atomic mass is 9.90. The molecule has 11 heavy (non-hydrogen) atoms. The quantitative estimate of drug-likeness (QED) is 0.457. The number of nitrogens with one attached hydrogen (secondary N) is 1. The van der Waals surface area contributed by atoms with Gasteiger partial charge in [0.05, 0.1) is 6.10 Å². The summed E-state index contributed by atoms with van der Waals surface area (Å²) in [5, 5.41) is 22.4. The minimum atomic E-state index is -0.753. The van der Waals surface area contributed by atoms with Crippen molar-refractivity contribution in [1.29, 1.82) is 0 Å². The van der Waals surface area contributed by atoms with E-state index < -0.39 is 5.72 Å². The van der Waals surface area contributed by atoms with E-state index in [-0.39, 0.29) is 12.0 Å². The lowest BCUT2D eigenvalue weighted by Crippen LogP contribution is -2.54. The van der Waals surface area contributed by atoms with Crippen LogP contribution in [0.5, 0.6) is 0 Å². The normalized spacial score (nSPS) is 56.5. The van der Waals surface area contributed by atoms with E-state index in [0.29, 0.717) is 12.5 Å². The van der Waals surface area contributed by atoms with Crippen molar-refractivity contribution >= 4 is 0 Å². The van der Waals surface area contributed by atoms with Gasteiger partial charge in [0.2, 0.25) is 0 Å². The Labute approximate surface area is 66.4 Å². The molecular weight excluding hydrogens is 142 g/mol. The Balaban J connectivity index is 2.17. The van der Waals surface area contributed by atoms with Crippen LogP contribution in [0.2, 0.25) is 0 Å². The Bertz CT molecular complexity index is 173. The van der Waals surface area contributed by atoms with Crippen molar-refractivity contribution in [2.45, 2.75) is 44.1 Å². The van der Waals surface area contributed by atoms with Crippen molar-refractivity contribution in [3.05, 3.63) is 0 Å². The molecule has 2 fully saturated rings. The molecule has 2 unspecified atom stereocenters. The largest absolute Gasteiger partial charge is 0.393 e. The Morgan fingerprint density at radius 1 is 1.55 bits per heavy atom. The average Bonchev–Trinajstić information content (AvgIpc) is 2.25. The minimum absolute atomic E-state index is 0.290. The molecule has 3 heteroatoms. The van der Waals surface area contributed by atoms with Crippen LogP contribution in [0.1, 0.15) is 26.2 Å². The third-order valence-corrected chi connectivity index (χ3v) is 3.11. The summed E-state index contributed by atoms with van der Waals surface area (Å²) in [4.78, 5) is 0. The summed E-state index contributed by atoms with van der Waals surface area (Å²) in [5.41, 5.74) is -0.753. The zero-order chi connectivity index (χ0) is 8.06. The van der Waals surface area contributed by atoms with Crippen LogP contribution in [0.4, 0.5) is 0 Å². The highest BCUT2D eigenvalue weighted by molar-refractivity contribution is 5.00. The van der Waals surface area contributed by atoms with Crippen LogP contribution in [0.25, 0.3) is 0 Å². The summed E-state index contributed by atoms with van der Waals surface area (Å²) in [7, 11) is 0. The van der Waals surface area contributed by atoms with Crippen LogP contribution >= 0.6 is 0 Å². The molecule has 64 valence electrons. The molecule has 2 saturated heterocycles. The molecule has 0 spiro atoms. The standard InChI is InChI=1S/C8H15NO2/c1-5-6-2-3-8(11,9-6)4-7(5)10/h5-7,9-11H,2-4H2,1H3/t5?,6?,7-,8+/m0/s1. The van der Waals surface area contributed by atoms with Gasteiger partial charge in [0.15, 0.2) is 0 Å². The Morgan fingerprint density at radius 3 is 3.00 bits per heavy atom. The maximum atomic E-state index is 9.74. The van der Waals surface area contributed by atoms with Gasteiger partial charge in [0, 0.05) is 12.5 Å². The van der Waals surface area contributed by atoms with Crippen molar-refractivity contribution in [1.82, 2.24) is 5.32 Å². The zero-order valence-corrected chi connectivity index (χ0v) is 6.75. The number of aliphatic hydroxyl groups is 2. The molecule has 2 aliphatic heterocycles. The van der Waals surface area contributed by atoms with Gasteiger partial charge < -0.3 is 10.2 Å². The first kappa shape index (κ1) is 7.53. The van der Waals surface area contributed by atoms with E-state index in [2.05, 4.69) is 5.32 Å². The fourth-order valence-corrected chi connectivity index (χ4v) is 2.24. The molecule has 2 aliphatic rings. The van der Waals surface area contributed by atoms with E-state index in [1.54, 1.807) is 0 Å². The fraction of sp³-hybridized carbons (Fsp3) is 1.00. The summed E-state index contributed by atoms with van der Waals surface area (Å²) in [5.74, 6) is 0.290. The van der Waals surface area contributed by atoms with Crippen molar-refractivity contribution in [2.75, 3.05) is 0 Å². The molecule has 2 rings (SSSR count). The van der Waals surface area contributed by atoms with Crippen molar-refractivity contribution in [3.63, 3.8) is 0 Å². The summed E-state index contributed by atoms with van der Waals surface area (Å²) in [6.07, 6.45) is 1.95. The Kier molecular flexibility index (Phi) is 1.50. The van der Waals surface area contributed by atoms with Gasteiger partial charge >= 0.3 is 0 Å². The molecule has 0 saturated carbocycles. The fourth-order valence-electron chi connectivity index (χ4n) is 2.24. The second-order valence-electron chi connectivity index (χ2n) is 3.95. The molecule has 3 N–H and O–H groups in total. The van der Waals surface area contributed by atoms with Crippen LogP contribution in [-0.4, -0.2) is 28.1 Å². The van der Waals surface area contributed by atoms with E-state index in [1.807, 2.05) is 6.92 Å². The van der Waals surface area contributed by atoms with Crippen molar-refractivity contribution in [3.8, 4) is 0 Å². The van der Waals surface area contributed by atoms with Crippen LogP contribution in [0.15, 0.2) is 0 Å². The first-order chi connectivity index (χ1) is 5.11. The number of fused-ring (bicyclic) bond motifs is 2. The van der Waals surface area contributed by atoms with Crippen molar-refractivity contribution < 1.29 is 10.2 Å². The molecule has 0 aromatic carbocycles. The SMILES string of the molecule is CC1C2CC[C@@](O)(C[C@@H]1O)N2. The summed E-state index contributed by atoms with van der Waals surface area (Å²) in [6, 6.07) is 0.323. The van der Waals surface area contributed by atoms with Gasteiger partial charge in [-0.05, 0) is 18.8 Å². The van der Waals surface area contributed by atoms with E-state index >= 15 is 0 Å². The number of hydrogen-bond donors (Lipinski definition) is 3. The lowest BCUT2D eigenvalue weighted by molar-refractivity contribution is -0.0692. The highest BCUT2D eigenvalue weighted by atomic mass is 16.3. The van der Waals surface area contributed by atoms with E-state index in [4.69, 9.17) is 0 Å². The molecule has 0 aromatic heterocycles. The molecule has 2 heterocycles. The van der Waals surface area contributed by atoms with Crippen molar-refractivity contribution in [2.24, 2.45) is 5.92 Å². The zero-order valence-electron chi connectivity index (χ0n) is 6.75. The first-order valence-corrected chi connectivity index (χ1v) is 4.29. The molecular formula is C8H15NO2. The van der Waals surface area contributed by atoms with Gasteiger partial charge in [-0.15, -0.1) is 0 Å². The predicted octanol–water partition coefficient (Wildman–Crippen LogP) is -0.172. The highest BCUT2D eigenvalue weighted by Gasteiger charge is 2.47. The maximum absolute atomic E-state index is 9.74. The number of aliphatic hydroxyl groups excluding tert-OH is 1. The summed E-state index contributed by atoms with van der Waals surface area (Å²) >= 11 is 0. The smallest absolute Gasteiger partial charge is 0.118 e. The highest BCUT2D eigenvalue weighted by Crippen LogP contribution is 2.36. The van der Waals surface area contributed by atoms with E-state index in [1.165, 1.54) is 0 Å². The second-order valence-corrected chi connectivity index (χ2v) is 3.95. The van der Waals surface area contributed by atoms with Crippen LogP contribution < -0.4 is 5.32 Å². The van der Waals surface area contributed by atoms with Gasteiger partial charge in [-0.3, -0.25) is 5.32 Å². The third kappa shape index (κ3) is 1.08. The van der Waals surface area contributed by atoms with Gasteiger partial charge in [-0.2, -0.15) is 0 Å². The number of rotatable bonds is 0. The molecule has 0 amide bonds. The van der Waals surface area contributed by atoms with Gasteiger partial charge in [-0.25, -0.2) is 0 Å².